The molecule has 0 unspecified atom stereocenters. The van der Waals surface area contributed by atoms with E-state index < -0.39 is 0 Å². The first kappa shape index (κ1) is 24.5. The Bertz CT molecular complexity index is 1180. The van der Waals surface area contributed by atoms with Gasteiger partial charge in [0.2, 0.25) is 11.9 Å². The lowest BCUT2D eigenvalue weighted by Gasteiger charge is -2.31. The standard InChI is InChI=1S/C27H32ClN7O/c28-23-6-5-22-16-20(23)3-2-19-9-14-35(15-10-19)18-26(36)30-12-1-11-29-25-7-4-21(17-32-25)24-8-13-31-27(33-22)34-24/h4-8,13,16-17,19H,1-3,9-12,14-15,18H2,(H,29,32)(H,30,36)(H,31,33,34). The van der Waals surface area contributed by atoms with Crippen molar-refractivity contribution in [3.63, 3.8) is 0 Å². The maximum atomic E-state index is 12.4. The molecular weight excluding hydrogens is 474 g/mol. The van der Waals surface area contributed by atoms with Crippen molar-refractivity contribution in [3.8, 4) is 11.3 Å². The average molecular weight is 506 g/mol. The van der Waals surface area contributed by atoms with Crippen LogP contribution < -0.4 is 16.0 Å². The number of nitrogens with zero attached hydrogens (tertiary/aromatic N) is 4. The molecule has 3 N–H and O–H groups in total. The van der Waals surface area contributed by atoms with Gasteiger partial charge >= 0.3 is 0 Å². The topological polar surface area (TPSA) is 95.1 Å². The summed E-state index contributed by atoms with van der Waals surface area (Å²) in [5.41, 5.74) is 3.75. The summed E-state index contributed by atoms with van der Waals surface area (Å²) < 4.78 is 0. The normalized spacial score (nSPS) is 21.1. The van der Waals surface area contributed by atoms with Gasteiger partial charge in [-0.2, -0.15) is 0 Å². The SMILES string of the molecule is O=C1CN2CCC(CCc3cc(ccc3Cl)Nc3nccc(n3)-c3ccc(nc3)NCCCN1)CC2. The summed E-state index contributed by atoms with van der Waals surface area (Å²) in [4.78, 5) is 28.2. The zero-order valence-corrected chi connectivity index (χ0v) is 21.1. The first-order valence-electron chi connectivity index (χ1n) is 12.7. The van der Waals surface area contributed by atoms with Crippen molar-refractivity contribution >= 4 is 35.0 Å². The molecule has 0 atom stereocenters. The van der Waals surface area contributed by atoms with E-state index in [1.165, 1.54) is 0 Å². The fraction of sp³-hybridized carbons (Fsp3) is 0.407. The Morgan fingerprint density at radius 1 is 0.972 bits per heavy atom. The lowest BCUT2D eigenvalue weighted by Crippen LogP contribution is -2.42. The van der Waals surface area contributed by atoms with E-state index in [1.54, 1.807) is 12.4 Å². The molecule has 5 aliphatic heterocycles. The molecule has 8 rings (SSSR count). The monoisotopic (exact) mass is 505 g/mol. The molecule has 1 saturated heterocycles. The van der Waals surface area contributed by atoms with Crippen LogP contribution in [-0.4, -0.2) is 58.5 Å². The van der Waals surface area contributed by atoms with Gasteiger partial charge in [0.25, 0.3) is 0 Å². The summed E-state index contributed by atoms with van der Waals surface area (Å²) >= 11 is 6.54. The molecule has 36 heavy (non-hydrogen) atoms. The largest absolute Gasteiger partial charge is 0.370 e. The third kappa shape index (κ3) is 6.50. The predicted molar refractivity (Wildman–Crippen MR) is 144 cm³/mol. The summed E-state index contributed by atoms with van der Waals surface area (Å²) in [7, 11) is 0. The van der Waals surface area contributed by atoms with E-state index in [1.807, 2.05) is 30.3 Å². The van der Waals surface area contributed by atoms with Crippen LogP contribution in [-0.2, 0) is 11.2 Å². The number of benzene rings is 1. The van der Waals surface area contributed by atoms with Crippen LogP contribution in [0.2, 0.25) is 5.02 Å². The number of carbonyl (C=O) groups excluding carboxylic acids is 1. The van der Waals surface area contributed by atoms with E-state index in [2.05, 4.69) is 41.9 Å². The highest BCUT2D eigenvalue weighted by Gasteiger charge is 2.21. The number of aromatic nitrogens is 3. The molecule has 3 aromatic rings. The van der Waals surface area contributed by atoms with E-state index in [-0.39, 0.29) is 5.91 Å². The Morgan fingerprint density at radius 3 is 2.67 bits per heavy atom. The van der Waals surface area contributed by atoms with Crippen LogP contribution in [0.3, 0.4) is 0 Å². The summed E-state index contributed by atoms with van der Waals surface area (Å²) in [6.45, 7) is 3.79. The Hall–Kier alpha value is -3.23. The van der Waals surface area contributed by atoms with Crippen molar-refractivity contribution in [3.05, 3.63) is 59.4 Å². The Kier molecular flexibility index (Phi) is 7.93. The zero-order valence-electron chi connectivity index (χ0n) is 20.3. The van der Waals surface area contributed by atoms with Gasteiger partial charge in [0.1, 0.15) is 5.82 Å². The van der Waals surface area contributed by atoms with Crippen molar-refractivity contribution in [2.24, 2.45) is 5.92 Å². The summed E-state index contributed by atoms with van der Waals surface area (Å²) in [6.07, 6.45) is 8.62. The number of piperidine rings is 1. The van der Waals surface area contributed by atoms with Crippen LogP contribution in [0.25, 0.3) is 11.3 Å². The molecule has 2 aromatic heterocycles. The van der Waals surface area contributed by atoms with Crippen LogP contribution in [0.4, 0.5) is 17.5 Å². The van der Waals surface area contributed by atoms with Crippen molar-refractivity contribution in [2.75, 3.05) is 43.4 Å². The average Bonchev–Trinajstić information content (AvgIpc) is 2.90. The Morgan fingerprint density at radius 2 is 1.83 bits per heavy atom. The molecule has 1 amide bonds. The maximum Gasteiger partial charge on any atom is 0.234 e. The van der Waals surface area contributed by atoms with E-state index in [9.17, 15) is 4.79 Å². The van der Waals surface area contributed by atoms with Crippen molar-refractivity contribution in [1.82, 2.24) is 25.2 Å². The van der Waals surface area contributed by atoms with Gasteiger partial charge in [-0.3, -0.25) is 9.69 Å². The van der Waals surface area contributed by atoms with E-state index in [0.29, 0.717) is 25.0 Å². The number of halogens is 1. The fourth-order valence-electron chi connectivity index (χ4n) is 4.79. The molecule has 0 spiro atoms. The third-order valence-corrected chi connectivity index (χ3v) is 7.26. The molecule has 8 nitrogen and oxygen atoms in total. The van der Waals surface area contributed by atoms with Gasteiger partial charge in [0.15, 0.2) is 0 Å². The van der Waals surface area contributed by atoms with Crippen LogP contribution >= 0.6 is 11.6 Å². The number of aryl methyl sites for hydroxylation is 1. The van der Waals surface area contributed by atoms with E-state index in [0.717, 1.165) is 85.1 Å². The van der Waals surface area contributed by atoms with Gasteiger partial charge in [-0.1, -0.05) is 11.6 Å². The number of carbonyl (C=O) groups is 1. The highest BCUT2D eigenvalue weighted by molar-refractivity contribution is 6.31. The molecular formula is C27H32ClN7O. The number of pyridine rings is 1. The number of rotatable bonds is 0. The number of hydrogen-bond acceptors (Lipinski definition) is 7. The quantitative estimate of drug-likeness (QED) is 0.413. The van der Waals surface area contributed by atoms with Crippen LogP contribution in [0, 0.1) is 5.92 Å². The first-order valence-corrected chi connectivity index (χ1v) is 13.1. The number of nitrogens with one attached hydrogen (secondary N) is 3. The molecule has 5 aliphatic rings. The summed E-state index contributed by atoms with van der Waals surface area (Å²) in [6, 6.07) is 11.8. The molecule has 8 bridgehead atoms. The number of anilines is 3. The second-order valence-electron chi connectivity index (χ2n) is 9.52. The van der Waals surface area contributed by atoms with Crippen molar-refractivity contribution < 1.29 is 4.79 Å². The van der Waals surface area contributed by atoms with Gasteiger partial charge in [-0.25, -0.2) is 15.0 Å². The second kappa shape index (κ2) is 11.7. The van der Waals surface area contributed by atoms with Gasteiger partial charge < -0.3 is 16.0 Å². The highest BCUT2D eigenvalue weighted by atomic mass is 35.5. The van der Waals surface area contributed by atoms with Gasteiger partial charge in [0.05, 0.1) is 12.2 Å². The lowest BCUT2D eigenvalue weighted by molar-refractivity contribution is -0.122. The lowest BCUT2D eigenvalue weighted by atomic mass is 9.90. The predicted octanol–water partition coefficient (Wildman–Crippen LogP) is 4.51. The van der Waals surface area contributed by atoms with Gasteiger partial charge in [-0.05, 0) is 93.1 Å². The summed E-state index contributed by atoms with van der Waals surface area (Å²) in [5.74, 6) is 2.08. The van der Waals surface area contributed by atoms with Crippen molar-refractivity contribution in [2.45, 2.75) is 32.1 Å². The molecule has 188 valence electrons. The smallest absolute Gasteiger partial charge is 0.234 e. The molecule has 0 aliphatic carbocycles. The van der Waals surface area contributed by atoms with E-state index in [4.69, 9.17) is 11.6 Å². The van der Waals surface area contributed by atoms with Crippen LogP contribution in [0.1, 0.15) is 31.2 Å². The molecule has 1 fully saturated rings. The molecule has 0 radical (unpaired) electrons. The maximum absolute atomic E-state index is 12.4. The first-order chi connectivity index (χ1) is 17.6. The summed E-state index contributed by atoms with van der Waals surface area (Å²) in [5, 5.41) is 10.5. The van der Waals surface area contributed by atoms with Crippen molar-refractivity contribution in [1.29, 1.82) is 0 Å². The Labute approximate surface area is 216 Å². The third-order valence-electron chi connectivity index (χ3n) is 6.89. The van der Waals surface area contributed by atoms with Crippen LogP contribution in [0.15, 0.2) is 48.8 Å². The van der Waals surface area contributed by atoms with Gasteiger partial charge in [0, 0.05) is 41.8 Å². The van der Waals surface area contributed by atoms with E-state index >= 15 is 0 Å². The minimum absolute atomic E-state index is 0.103. The Balaban J connectivity index is 1.35. The molecule has 7 heterocycles. The molecule has 9 heteroatoms. The minimum Gasteiger partial charge on any atom is -0.370 e. The molecule has 1 aromatic carbocycles. The number of hydrogen-bond donors (Lipinski definition) is 3. The fourth-order valence-corrected chi connectivity index (χ4v) is 5.00. The minimum atomic E-state index is 0.103. The van der Waals surface area contributed by atoms with Gasteiger partial charge in [-0.15, -0.1) is 0 Å². The molecule has 0 saturated carbocycles. The second-order valence-corrected chi connectivity index (χ2v) is 9.92. The van der Waals surface area contributed by atoms with Crippen LogP contribution in [0.5, 0.6) is 0 Å². The number of amides is 1. The highest BCUT2D eigenvalue weighted by Crippen LogP contribution is 2.28. The zero-order chi connectivity index (χ0) is 24.7.